The van der Waals surface area contributed by atoms with Gasteiger partial charge < -0.3 is 5.32 Å². The van der Waals surface area contributed by atoms with Crippen molar-refractivity contribution in [2.75, 3.05) is 11.9 Å². The Kier molecular flexibility index (Phi) is 4.95. The first-order valence-electron chi connectivity index (χ1n) is 10.1. The summed E-state index contributed by atoms with van der Waals surface area (Å²) in [5, 5.41) is 4.16. The van der Waals surface area contributed by atoms with E-state index >= 15 is 0 Å². The molecule has 1 N–H and O–H groups in total. The van der Waals surface area contributed by atoms with E-state index < -0.39 is 0 Å². The number of fused-ring (bicyclic) bond motifs is 2. The van der Waals surface area contributed by atoms with Gasteiger partial charge in [0.2, 0.25) is 0 Å². The van der Waals surface area contributed by atoms with E-state index in [4.69, 9.17) is 4.98 Å². The molecule has 0 saturated carbocycles. The molecule has 0 aliphatic carbocycles. The van der Waals surface area contributed by atoms with E-state index in [2.05, 4.69) is 51.6 Å². The van der Waals surface area contributed by atoms with Crippen LogP contribution in [0.4, 0.5) is 5.69 Å². The van der Waals surface area contributed by atoms with Crippen LogP contribution in [0.5, 0.6) is 0 Å². The van der Waals surface area contributed by atoms with Crippen LogP contribution in [0.1, 0.15) is 27.2 Å². The van der Waals surface area contributed by atoms with Crippen molar-refractivity contribution in [2.24, 2.45) is 0 Å². The summed E-state index contributed by atoms with van der Waals surface area (Å²) in [6.07, 6.45) is 4.25. The molecule has 148 valence electrons. The minimum absolute atomic E-state index is 0.120. The minimum Gasteiger partial charge on any atom is -0.322 e. The number of nitrogens with zero attached hydrogens (tertiary/aromatic N) is 3. The van der Waals surface area contributed by atoms with Gasteiger partial charge in [-0.2, -0.15) is 0 Å². The quantitative estimate of drug-likeness (QED) is 0.556. The summed E-state index contributed by atoms with van der Waals surface area (Å²) in [6, 6.07) is 22.1. The molecule has 30 heavy (non-hydrogen) atoms. The molecule has 0 fully saturated rings. The number of aromatic nitrogens is 2. The summed E-state index contributed by atoms with van der Waals surface area (Å²) < 4.78 is 0. The van der Waals surface area contributed by atoms with Gasteiger partial charge in [-0.15, -0.1) is 0 Å². The van der Waals surface area contributed by atoms with Crippen LogP contribution in [0.3, 0.4) is 0 Å². The summed E-state index contributed by atoms with van der Waals surface area (Å²) in [4.78, 5) is 23.6. The third kappa shape index (κ3) is 3.93. The molecule has 3 heterocycles. The molecule has 1 aliphatic rings. The molecular formula is C25H22N4O. The third-order valence-electron chi connectivity index (χ3n) is 5.54. The van der Waals surface area contributed by atoms with Gasteiger partial charge in [-0.05, 0) is 53.9 Å². The molecule has 5 heteroatoms. The van der Waals surface area contributed by atoms with E-state index in [1.807, 2.05) is 18.2 Å². The zero-order valence-corrected chi connectivity index (χ0v) is 16.6. The van der Waals surface area contributed by atoms with Gasteiger partial charge in [-0.1, -0.05) is 30.3 Å². The Morgan fingerprint density at radius 3 is 2.73 bits per heavy atom. The molecule has 1 aliphatic heterocycles. The van der Waals surface area contributed by atoms with Crippen molar-refractivity contribution >= 4 is 22.5 Å². The van der Waals surface area contributed by atoms with Crippen LogP contribution in [0.15, 0.2) is 79.1 Å². The Labute approximate surface area is 175 Å². The highest BCUT2D eigenvalue weighted by Crippen LogP contribution is 2.24. The first-order chi connectivity index (χ1) is 14.7. The number of rotatable bonds is 4. The van der Waals surface area contributed by atoms with Crippen molar-refractivity contribution in [3.63, 3.8) is 0 Å². The van der Waals surface area contributed by atoms with Crippen LogP contribution in [-0.2, 0) is 19.5 Å². The van der Waals surface area contributed by atoms with E-state index in [-0.39, 0.29) is 5.91 Å². The highest BCUT2D eigenvalue weighted by Gasteiger charge is 2.18. The SMILES string of the molecule is O=C(Nc1ccc2c(c1)CN(Cc1ccc3ccccc3n1)CC2)c1ccncc1. The van der Waals surface area contributed by atoms with Gasteiger partial charge in [0.25, 0.3) is 5.91 Å². The second kappa shape index (κ2) is 8.05. The number of carbonyl (C=O) groups excluding carboxylic acids is 1. The van der Waals surface area contributed by atoms with Crippen LogP contribution < -0.4 is 5.32 Å². The van der Waals surface area contributed by atoms with E-state index in [1.54, 1.807) is 24.5 Å². The lowest BCUT2D eigenvalue weighted by Gasteiger charge is -2.29. The predicted octanol–water partition coefficient (Wildman–Crippen LogP) is 4.44. The zero-order chi connectivity index (χ0) is 20.3. The Hall–Kier alpha value is -3.57. The molecule has 0 spiro atoms. The number of hydrogen-bond acceptors (Lipinski definition) is 4. The molecule has 2 aromatic heterocycles. The molecule has 0 atom stereocenters. The van der Waals surface area contributed by atoms with Crippen LogP contribution in [0.2, 0.25) is 0 Å². The molecule has 4 aromatic rings. The topological polar surface area (TPSA) is 58.1 Å². The summed E-state index contributed by atoms with van der Waals surface area (Å²) >= 11 is 0. The first kappa shape index (κ1) is 18.5. The highest BCUT2D eigenvalue weighted by molar-refractivity contribution is 6.04. The number of para-hydroxylation sites is 1. The Morgan fingerprint density at radius 2 is 1.83 bits per heavy atom. The fourth-order valence-electron chi connectivity index (χ4n) is 3.96. The molecule has 1 amide bonds. The van der Waals surface area contributed by atoms with Gasteiger partial charge in [-0.25, -0.2) is 0 Å². The maximum atomic E-state index is 12.4. The predicted molar refractivity (Wildman–Crippen MR) is 118 cm³/mol. The molecule has 2 aromatic carbocycles. The monoisotopic (exact) mass is 394 g/mol. The number of benzene rings is 2. The van der Waals surface area contributed by atoms with Crippen molar-refractivity contribution < 1.29 is 4.79 Å². The van der Waals surface area contributed by atoms with Gasteiger partial charge in [-0.3, -0.25) is 19.7 Å². The van der Waals surface area contributed by atoms with Crippen LogP contribution >= 0.6 is 0 Å². The molecular weight excluding hydrogens is 372 g/mol. The lowest BCUT2D eigenvalue weighted by Crippen LogP contribution is -2.30. The largest absolute Gasteiger partial charge is 0.322 e. The van der Waals surface area contributed by atoms with Gasteiger partial charge in [0, 0.05) is 48.7 Å². The van der Waals surface area contributed by atoms with E-state index in [0.717, 1.165) is 43.0 Å². The van der Waals surface area contributed by atoms with Crippen molar-refractivity contribution in [3.8, 4) is 0 Å². The third-order valence-corrected chi connectivity index (χ3v) is 5.54. The second-order valence-corrected chi connectivity index (χ2v) is 7.63. The molecule has 5 nitrogen and oxygen atoms in total. The minimum atomic E-state index is -0.120. The first-order valence-corrected chi connectivity index (χ1v) is 10.1. The number of pyridine rings is 2. The summed E-state index contributed by atoms with van der Waals surface area (Å²) in [6.45, 7) is 2.67. The van der Waals surface area contributed by atoms with Crippen molar-refractivity contribution in [1.29, 1.82) is 0 Å². The molecule has 0 radical (unpaired) electrons. The fraction of sp³-hybridized carbons (Fsp3) is 0.160. The molecule has 5 rings (SSSR count). The van der Waals surface area contributed by atoms with Crippen molar-refractivity contribution in [3.05, 3.63) is 102 Å². The number of amides is 1. The van der Waals surface area contributed by atoms with Gasteiger partial charge >= 0.3 is 0 Å². The maximum Gasteiger partial charge on any atom is 0.255 e. The lowest BCUT2D eigenvalue weighted by molar-refractivity contribution is 0.102. The van der Waals surface area contributed by atoms with E-state index in [9.17, 15) is 4.79 Å². The van der Waals surface area contributed by atoms with Crippen LogP contribution in [0.25, 0.3) is 10.9 Å². The number of nitrogens with one attached hydrogen (secondary N) is 1. The summed E-state index contributed by atoms with van der Waals surface area (Å²) in [5.41, 5.74) is 6.15. The van der Waals surface area contributed by atoms with E-state index in [0.29, 0.717) is 5.56 Å². The summed E-state index contributed by atoms with van der Waals surface area (Å²) in [5.74, 6) is -0.120. The smallest absolute Gasteiger partial charge is 0.255 e. The Balaban J connectivity index is 1.30. The number of anilines is 1. The fourth-order valence-corrected chi connectivity index (χ4v) is 3.96. The maximum absolute atomic E-state index is 12.4. The lowest BCUT2D eigenvalue weighted by atomic mass is 9.98. The van der Waals surface area contributed by atoms with E-state index in [1.165, 1.54) is 16.5 Å². The molecule has 0 unspecified atom stereocenters. The normalized spacial score (nSPS) is 13.7. The second-order valence-electron chi connectivity index (χ2n) is 7.63. The zero-order valence-electron chi connectivity index (χ0n) is 16.6. The number of carbonyl (C=O) groups is 1. The van der Waals surface area contributed by atoms with Crippen LogP contribution in [0, 0.1) is 0 Å². The average molecular weight is 394 g/mol. The van der Waals surface area contributed by atoms with Crippen LogP contribution in [-0.4, -0.2) is 27.3 Å². The Bertz CT molecular complexity index is 1210. The van der Waals surface area contributed by atoms with Gasteiger partial charge in [0.15, 0.2) is 0 Å². The summed E-state index contributed by atoms with van der Waals surface area (Å²) in [7, 11) is 0. The molecule has 0 bridgehead atoms. The molecule has 0 saturated heterocycles. The standard InChI is InChI=1S/C25H22N4O/c30-25(20-9-12-26-13-10-20)28-22-7-5-18-11-14-29(16-21(18)15-22)17-23-8-6-19-3-1-2-4-24(19)27-23/h1-10,12-13,15H,11,14,16-17H2,(H,28,30). The van der Waals surface area contributed by atoms with Crippen molar-refractivity contribution in [1.82, 2.24) is 14.9 Å². The number of hydrogen-bond donors (Lipinski definition) is 1. The van der Waals surface area contributed by atoms with Gasteiger partial charge in [0.05, 0.1) is 11.2 Å². The highest BCUT2D eigenvalue weighted by atomic mass is 16.1. The Morgan fingerprint density at radius 1 is 0.967 bits per heavy atom. The van der Waals surface area contributed by atoms with Gasteiger partial charge in [0.1, 0.15) is 0 Å². The van der Waals surface area contributed by atoms with Crippen molar-refractivity contribution in [2.45, 2.75) is 19.5 Å². The average Bonchev–Trinajstić information content (AvgIpc) is 2.79.